The number of nitrogens with one attached hydrogen (secondary N) is 1. The van der Waals surface area contributed by atoms with Crippen LogP contribution in [-0.4, -0.2) is 26.4 Å². The number of benzene rings is 1. The Morgan fingerprint density at radius 2 is 2.00 bits per heavy atom. The molecule has 5 nitrogen and oxygen atoms in total. The van der Waals surface area contributed by atoms with Crippen LogP contribution in [0, 0.1) is 6.92 Å². The van der Waals surface area contributed by atoms with Gasteiger partial charge >= 0.3 is 0 Å². The van der Waals surface area contributed by atoms with E-state index in [1.807, 2.05) is 24.3 Å². The SMILES string of the molecule is CCc1c(-c2nnc(SCC(=O)Nc3ccc(Br)cc3)n2C(C)C)csc1C. The molecule has 148 valence electrons. The van der Waals surface area contributed by atoms with Crippen molar-refractivity contribution in [2.75, 3.05) is 11.1 Å². The highest BCUT2D eigenvalue weighted by atomic mass is 79.9. The first kappa shape index (κ1) is 21.1. The van der Waals surface area contributed by atoms with Gasteiger partial charge in [0.25, 0.3) is 0 Å². The molecule has 3 rings (SSSR count). The number of thioether (sulfide) groups is 1. The van der Waals surface area contributed by atoms with E-state index in [2.05, 4.69) is 69.1 Å². The van der Waals surface area contributed by atoms with E-state index in [0.29, 0.717) is 0 Å². The highest BCUT2D eigenvalue weighted by Crippen LogP contribution is 2.34. The molecular weight excluding hydrogens is 456 g/mol. The van der Waals surface area contributed by atoms with Gasteiger partial charge in [0, 0.05) is 32.0 Å². The number of halogens is 1. The summed E-state index contributed by atoms with van der Waals surface area (Å²) in [7, 11) is 0. The minimum absolute atomic E-state index is 0.0622. The summed E-state index contributed by atoms with van der Waals surface area (Å²) in [5.41, 5.74) is 3.25. The smallest absolute Gasteiger partial charge is 0.234 e. The van der Waals surface area contributed by atoms with Crippen molar-refractivity contribution in [2.24, 2.45) is 0 Å². The first-order valence-corrected chi connectivity index (χ1v) is 11.8. The van der Waals surface area contributed by atoms with Gasteiger partial charge in [-0.3, -0.25) is 9.36 Å². The molecule has 0 fully saturated rings. The molecule has 0 aliphatic carbocycles. The Labute approximate surface area is 182 Å². The molecule has 1 amide bonds. The molecule has 0 atom stereocenters. The minimum atomic E-state index is -0.0622. The number of aromatic nitrogens is 3. The summed E-state index contributed by atoms with van der Waals surface area (Å²) in [5.74, 6) is 1.10. The Bertz CT molecular complexity index is 963. The zero-order chi connectivity index (χ0) is 20.3. The zero-order valence-corrected chi connectivity index (χ0v) is 19.5. The third-order valence-corrected chi connectivity index (χ3v) is 6.76. The van der Waals surface area contributed by atoms with Gasteiger partial charge in [0.2, 0.25) is 5.91 Å². The number of hydrogen-bond acceptors (Lipinski definition) is 5. The summed E-state index contributed by atoms with van der Waals surface area (Å²) in [5, 5.41) is 14.7. The number of carbonyl (C=O) groups excluding carboxylic acids is 1. The maximum Gasteiger partial charge on any atom is 0.234 e. The number of amides is 1. The number of hydrogen-bond donors (Lipinski definition) is 1. The normalized spacial score (nSPS) is 11.2. The number of aryl methyl sites for hydroxylation is 1. The summed E-state index contributed by atoms with van der Waals surface area (Å²) >= 11 is 6.55. The van der Waals surface area contributed by atoms with Crippen LogP contribution < -0.4 is 5.32 Å². The highest BCUT2D eigenvalue weighted by molar-refractivity contribution is 9.10. The fraction of sp³-hybridized carbons (Fsp3) is 0.350. The van der Waals surface area contributed by atoms with E-state index in [4.69, 9.17) is 0 Å². The fourth-order valence-corrected chi connectivity index (χ4v) is 5.06. The molecule has 2 aromatic heterocycles. The maximum atomic E-state index is 12.3. The molecule has 2 heterocycles. The van der Waals surface area contributed by atoms with Gasteiger partial charge in [-0.05, 0) is 57.0 Å². The first-order chi connectivity index (χ1) is 13.4. The van der Waals surface area contributed by atoms with Gasteiger partial charge in [-0.2, -0.15) is 0 Å². The van der Waals surface area contributed by atoms with E-state index in [0.717, 1.165) is 33.1 Å². The second-order valence-electron chi connectivity index (χ2n) is 6.65. The van der Waals surface area contributed by atoms with E-state index >= 15 is 0 Å². The van der Waals surface area contributed by atoms with Gasteiger partial charge < -0.3 is 5.32 Å². The summed E-state index contributed by atoms with van der Waals surface area (Å²) in [6.45, 7) is 8.54. The second-order valence-corrected chi connectivity index (χ2v) is 9.59. The molecule has 0 aliphatic heterocycles. The second kappa shape index (κ2) is 9.24. The van der Waals surface area contributed by atoms with Gasteiger partial charge in [-0.1, -0.05) is 34.6 Å². The van der Waals surface area contributed by atoms with Gasteiger partial charge in [-0.15, -0.1) is 21.5 Å². The lowest BCUT2D eigenvalue weighted by molar-refractivity contribution is -0.113. The third-order valence-electron chi connectivity index (χ3n) is 4.34. The Kier molecular flexibility index (Phi) is 6.95. The van der Waals surface area contributed by atoms with E-state index < -0.39 is 0 Å². The molecule has 0 unspecified atom stereocenters. The average molecular weight is 479 g/mol. The van der Waals surface area contributed by atoms with E-state index in [-0.39, 0.29) is 17.7 Å². The average Bonchev–Trinajstić information content (AvgIpc) is 3.24. The molecule has 8 heteroatoms. The molecular formula is C20H23BrN4OS2. The summed E-state index contributed by atoms with van der Waals surface area (Å²) < 4.78 is 3.10. The quantitative estimate of drug-likeness (QED) is 0.426. The molecule has 0 aliphatic rings. The Balaban J connectivity index is 1.76. The lowest BCUT2D eigenvalue weighted by Gasteiger charge is -2.14. The molecule has 1 N–H and O–H groups in total. The van der Waals surface area contributed by atoms with Crippen molar-refractivity contribution in [3.05, 3.63) is 44.6 Å². The standard InChI is InChI=1S/C20H23BrN4OS2/c1-5-16-13(4)27-10-17(16)19-23-24-20(25(19)12(2)3)28-11-18(26)22-15-8-6-14(21)7-9-15/h6-10,12H,5,11H2,1-4H3,(H,22,26). The van der Waals surface area contributed by atoms with Gasteiger partial charge in [-0.25, -0.2) is 0 Å². The van der Waals surface area contributed by atoms with Gasteiger partial charge in [0.15, 0.2) is 11.0 Å². The number of rotatable bonds is 7. The Morgan fingerprint density at radius 3 is 2.64 bits per heavy atom. The molecule has 0 saturated carbocycles. The summed E-state index contributed by atoms with van der Waals surface area (Å²) in [4.78, 5) is 13.7. The molecule has 28 heavy (non-hydrogen) atoms. The van der Waals surface area contributed by atoms with Crippen LogP contribution >= 0.6 is 39.0 Å². The van der Waals surface area contributed by atoms with Crippen molar-refractivity contribution in [2.45, 2.75) is 45.3 Å². The molecule has 0 bridgehead atoms. The third kappa shape index (κ3) is 4.67. The molecule has 1 aromatic carbocycles. The van der Waals surface area contributed by atoms with Crippen molar-refractivity contribution in [3.8, 4) is 11.4 Å². The highest BCUT2D eigenvalue weighted by Gasteiger charge is 2.21. The van der Waals surface area contributed by atoms with Crippen LogP contribution in [0.1, 0.15) is 37.3 Å². The van der Waals surface area contributed by atoms with Crippen LogP contribution in [-0.2, 0) is 11.2 Å². The van der Waals surface area contributed by atoms with Gasteiger partial charge in [0.1, 0.15) is 0 Å². The molecule has 0 spiro atoms. The van der Waals surface area contributed by atoms with Crippen LogP contribution in [0.4, 0.5) is 5.69 Å². The molecule has 0 saturated heterocycles. The van der Waals surface area contributed by atoms with Crippen LogP contribution in [0.2, 0.25) is 0 Å². The summed E-state index contributed by atoms with van der Waals surface area (Å²) in [6, 6.07) is 7.74. The summed E-state index contributed by atoms with van der Waals surface area (Å²) in [6.07, 6.45) is 0.966. The minimum Gasteiger partial charge on any atom is -0.325 e. The van der Waals surface area contributed by atoms with E-state index in [1.54, 1.807) is 11.3 Å². The molecule has 3 aromatic rings. The number of nitrogens with zero attached hydrogens (tertiary/aromatic N) is 3. The number of carbonyl (C=O) groups is 1. The largest absolute Gasteiger partial charge is 0.325 e. The predicted octanol–water partition coefficient (Wildman–Crippen LogP) is 5.95. The predicted molar refractivity (Wildman–Crippen MR) is 121 cm³/mol. The van der Waals surface area contributed by atoms with Crippen molar-refractivity contribution in [1.82, 2.24) is 14.8 Å². The van der Waals surface area contributed by atoms with Crippen LogP contribution in [0.3, 0.4) is 0 Å². The van der Waals surface area contributed by atoms with Gasteiger partial charge in [0.05, 0.1) is 5.75 Å². The van der Waals surface area contributed by atoms with E-state index in [1.165, 1.54) is 22.2 Å². The number of anilines is 1. The monoisotopic (exact) mass is 478 g/mol. The molecule has 0 radical (unpaired) electrons. The fourth-order valence-electron chi connectivity index (χ4n) is 2.99. The van der Waals surface area contributed by atoms with E-state index in [9.17, 15) is 4.79 Å². The van der Waals surface area contributed by atoms with Crippen LogP contribution in [0.25, 0.3) is 11.4 Å². The lowest BCUT2D eigenvalue weighted by atomic mass is 10.1. The van der Waals surface area contributed by atoms with Crippen molar-refractivity contribution >= 4 is 50.6 Å². The number of thiophene rings is 1. The van der Waals surface area contributed by atoms with Crippen molar-refractivity contribution in [1.29, 1.82) is 0 Å². The van der Waals surface area contributed by atoms with Crippen molar-refractivity contribution < 1.29 is 4.79 Å². The topological polar surface area (TPSA) is 59.8 Å². The maximum absolute atomic E-state index is 12.3. The lowest BCUT2D eigenvalue weighted by Crippen LogP contribution is -2.15. The first-order valence-electron chi connectivity index (χ1n) is 9.11. The zero-order valence-electron chi connectivity index (χ0n) is 16.3. The van der Waals surface area contributed by atoms with Crippen LogP contribution in [0.15, 0.2) is 39.3 Å². The Morgan fingerprint density at radius 1 is 1.29 bits per heavy atom. The van der Waals surface area contributed by atoms with Crippen LogP contribution in [0.5, 0.6) is 0 Å². The Hall–Kier alpha value is -1.64. The van der Waals surface area contributed by atoms with Crippen molar-refractivity contribution in [3.63, 3.8) is 0 Å².